The lowest BCUT2D eigenvalue weighted by Gasteiger charge is -2.02. The smallest absolute Gasteiger partial charge is 0.116 e. The maximum Gasteiger partial charge on any atom is 0.116 e. The first-order chi connectivity index (χ1) is 6.77. The molecule has 2 rings (SSSR count). The van der Waals surface area contributed by atoms with E-state index < -0.39 is 0 Å². The molecule has 72 valence electrons. The topological polar surface area (TPSA) is 43.6 Å². The van der Waals surface area contributed by atoms with Gasteiger partial charge in [0.25, 0.3) is 0 Å². The van der Waals surface area contributed by atoms with Crippen LogP contribution >= 0.6 is 15.9 Å². The van der Waals surface area contributed by atoms with Gasteiger partial charge in [-0.1, -0.05) is 0 Å². The summed E-state index contributed by atoms with van der Waals surface area (Å²) in [7, 11) is 1.97. The van der Waals surface area contributed by atoms with Crippen LogP contribution in [0, 0.1) is 0 Å². The summed E-state index contributed by atoms with van der Waals surface area (Å²) in [4.78, 5) is 12.3. The third-order valence-corrected chi connectivity index (χ3v) is 2.72. The van der Waals surface area contributed by atoms with Gasteiger partial charge in [0, 0.05) is 37.6 Å². The first-order valence-corrected chi connectivity index (χ1v) is 4.97. The van der Waals surface area contributed by atoms with Gasteiger partial charge in [-0.2, -0.15) is 0 Å². The van der Waals surface area contributed by atoms with E-state index in [1.807, 2.05) is 17.8 Å². The predicted molar refractivity (Wildman–Crippen MR) is 55.7 cm³/mol. The van der Waals surface area contributed by atoms with Crippen LogP contribution in [-0.4, -0.2) is 19.5 Å². The van der Waals surface area contributed by atoms with Crippen molar-refractivity contribution in [2.45, 2.75) is 6.42 Å². The Labute approximate surface area is 90.2 Å². The van der Waals surface area contributed by atoms with Crippen LogP contribution in [0.4, 0.5) is 0 Å². The summed E-state index contributed by atoms with van der Waals surface area (Å²) in [5.41, 5.74) is 1.04. The van der Waals surface area contributed by atoms with Crippen molar-refractivity contribution >= 4 is 15.9 Å². The van der Waals surface area contributed by atoms with Crippen molar-refractivity contribution in [1.82, 2.24) is 19.5 Å². The van der Waals surface area contributed by atoms with Crippen LogP contribution < -0.4 is 0 Å². The Kier molecular flexibility index (Phi) is 2.58. The van der Waals surface area contributed by atoms with Gasteiger partial charge in [0.1, 0.15) is 16.8 Å². The Morgan fingerprint density at radius 1 is 1.43 bits per heavy atom. The quantitative estimate of drug-likeness (QED) is 0.763. The van der Waals surface area contributed by atoms with Gasteiger partial charge in [0.15, 0.2) is 0 Å². The largest absolute Gasteiger partial charge is 0.338 e. The molecule has 0 amide bonds. The van der Waals surface area contributed by atoms with E-state index in [9.17, 15) is 0 Å². The van der Waals surface area contributed by atoms with Gasteiger partial charge < -0.3 is 4.57 Å². The van der Waals surface area contributed by atoms with Crippen LogP contribution in [0.15, 0.2) is 29.5 Å². The molecule has 5 heteroatoms. The van der Waals surface area contributed by atoms with Crippen LogP contribution in [0.25, 0.3) is 0 Å². The lowest BCUT2D eigenvalue weighted by Crippen LogP contribution is -2.00. The van der Waals surface area contributed by atoms with Gasteiger partial charge in [-0.15, -0.1) is 0 Å². The van der Waals surface area contributed by atoms with Crippen molar-refractivity contribution in [2.75, 3.05) is 0 Å². The molecule has 0 fully saturated rings. The minimum Gasteiger partial charge on any atom is -0.338 e. The fourth-order valence-electron chi connectivity index (χ4n) is 1.20. The summed E-state index contributed by atoms with van der Waals surface area (Å²) in [5.74, 6) is 1.00. The molecule has 0 atom stereocenters. The molecule has 2 heterocycles. The monoisotopic (exact) mass is 252 g/mol. The van der Waals surface area contributed by atoms with Crippen LogP contribution in [0.5, 0.6) is 0 Å². The molecule has 0 saturated carbocycles. The summed E-state index contributed by atoms with van der Waals surface area (Å²) < 4.78 is 2.81. The zero-order valence-corrected chi connectivity index (χ0v) is 9.27. The fraction of sp³-hybridized carbons (Fsp3) is 0.222. The highest BCUT2D eigenvalue weighted by molar-refractivity contribution is 9.10. The Morgan fingerprint density at radius 3 is 2.93 bits per heavy atom. The fourth-order valence-corrected chi connectivity index (χ4v) is 1.53. The summed E-state index contributed by atoms with van der Waals surface area (Å²) >= 11 is 3.38. The molecular weight excluding hydrogens is 244 g/mol. The highest BCUT2D eigenvalue weighted by atomic mass is 79.9. The van der Waals surface area contributed by atoms with Crippen molar-refractivity contribution in [3.05, 3.63) is 40.9 Å². The van der Waals surface area contributed by atoms with E-state index in [-0.39, 0.29) is 0 Å². The minimum atomic E-state index is 0.741. The van der Waals surface area contributed by atoms with E-state index >= 15 is 0 Å². The summed E-state index contributed by atoms with van der Waals surface area (Å²) in [6, 6.07) is 0. The normalized spacial score (nSPS) is 10.4. The maximum atomic E-state index is 4.24. The minimum absolute atomic E-state index is 0.741. The Hall–Kier alpha value is -1.23. The second-order valence-electron chi connectivity index (χ2n) is 2.97. The van der Waals surface area contributed by atoms with Crippen LogP contribution in [0.2, 0.25) is 0 Å². The van der Waals surface area contributed by atoms with E-state index in [4.69, 9.17) is 0 Å². The second-order valence-corrected chi connectivity index (χ2v) is 3.72. The number of aryl methyl sites for hydroxylation is 1. The average Bonchev–Trinajstić information content (AvgIpc) is 2.56. The Morgan fingerprint density at radius 2 is 2.29 bits per heavy atom. The number of aromatic nitrogens is 4. The van der Waals surface area contributed by atoms with Crippen molar-refractivity contribution in [3.8, 4) is 0 Å². The predicted octanol–water partition coefficient (Wildman–Crippen LogP) is 1.56. The highest BCUT2D eigenvalue weighted by Gasteiger charge is 2.05. The lowest BCUT2D eigenvalue weighted by molar-refractivity contribution is 0.815. The van der Waals surface area contributed by atoms with Gasteiger partial charge in [0.2, 0.25) is 0 Å². The van der Waals surface area contributed by atoms with Crippen molar-refractivity contribution in [1.29, 1.82) is 0 Å². The van der Waals surface area contributed by atoms with Crippen molar-refractivity contribution in [2.24, 2.45) is 7.05 Å². The first-order valence-electron chi connectivity index (χ1n) is 4.18. The molecule has 0 aliphatic carbocycles. The molecule has 2 aromatic rings. The van der Waals surface area contributed by atoms with Gasteiger partial charge >= 0.3 is 0 Å². The van der Waals surface area contributed by atoms with Gasteiger partial charge in [0.05, 0.1) is 0 Å². The van der Waals surface area contributed by atoms with Crippen LogP contribution in [-0.2, 0) is 13.5 Å². The molecule has 0 aromatic carbocycles. The second kappa shape index (κ2) is 3.88. The molecule has 0 aliphatic rings. The van der Waals surface area contributed by atoms with Gasteiger partial charge in [-0.05, 0) is 15.9 Å². The Balaban J connectivity index is 2.28. The highest BCUT2D eigenvalue weighted by Crippen LogP contribution is 2.14. The van der Waals surface area contributed by atoms with E-state index in [2.05, 4.69) is 30.9 Å². The zero-order valence-electron chi connectivity index (χ0n) is 7.68. The zero-order chi connectivity index (χ0) is 9.97. The molecule has 0 N–H and O–H groups in total. The first kappa shape index (κ1) is 9.33. The molecule has 0 aliphatic heterocycles. The number of imidazole rings is 1. The van der Waals surface area contributed by atoms with E-state index in [0.717, 1.165) is 22.4 Å². The van der Waals surface area contributed by atoms with Crippen LogP contribution in [0.1, 0.15) is 11.4 Å². The lowest BCUT2D eigenvalue weighted by atomic mass is 10.2. The summed E-state index contributed by atoms with van der Waals surface area (Å²) in [6.45, 7) is 0. The standard InChI is InChI=1S/C9H9BrN4/c1-14-3-2-12-8(14)4-7-5-11-6-13-9(7)10/h2-3,5-6H,4H2,1H3. The molecule has 4 nitrogen and oxygen atoms in total. The number of nitrogens with zero attached hydrogens (tertiary/aromatic N) is 4. The molecule has 0 saturated heterocycles. The molecular formula is C9H9BrN4. The molecule has 0 spiro atoms. The summed E-state index contributed by atoms with van der Waals surface area (Å²) in [5, 5.41) is 0. The number of hydrogen-bond acceptors (Lipinski definition) is 3. The summed E-state index contributed by atoms with van der Waals surface area (Å²) in [6.07, 6.45) is 7.77. The van der Waals surface area contributed by atoms with Crippen molar-refractivity contribution < 1.29 is 0 Å². The number of rotatable bonds is 2. The van der Waals surface area contributed by atoms with E-state index in [0.29, 0.717) is 0 Å². The molecule has 0 bridgehead atoms. The SMILES string of the molecule is Cn1ccnc1Cc1cncnc1Br. The third-order valence-electron chi connectivity index (χ3n) is 2.00. The maximum absolute atomic E-state index is 4.24. The number of hydrogen-bond donors (Lipinski definition) is 0. The van der Waals surface area contributed by atoms with Crippen molar-refractivity contribution in [3.63, 3.8) is 0 Å². The van der Waals surface area contributed by atoms with Crippen LogP contribution in [0.3, 0.4) is 0 Å². The van der Waals surface area contributed by atoms with Gasteiger partial charge in [-0.25, -0.2) is 15.0 Å². The molecule has 0 radical (unpaired) electrons. The molecule has 14 heavy (non-hydrogen) atoms. The average molecular weight is 253 g/mol. The molecule has 0 unspecified atom stereocenters. The van der Waals surface area contributed by atoms with Gasteiger partial charge in [-0.3, -0.25) is 0 Å². The van der Waals surface area contributed by atoms with E-state index in [1.54, 1.807) is 12.4 Å². The molecule has 2 aromatic heterocycles. The van der Waals surface area contributed by atoms with E-state index in [1.165, 1.54) is 6.33 Å². The Bertz CT molecular complexity index is 438. The number of halogens is 1. The third kappa shape index (κ3) is 1.82.